The van der Waals surface area contributed by atoms with E-state index in [-0.39, 0.29) is 12.3 Å². The van der Waals surface area contributed by atoms with E-state index in [0.717, 1.165) is 32.1 Å². The van der Waals surface area contributed by atoms with Crippen LogP contribution in [-0.4, -0.2) is 77.4 Å². The molecule has 11 nitrogen and oxygen atoms in total. The summed E-state index contributed by atoms with van der Waals surface area (Å²) in [6, 6.07) is 1.91. The molecule has 39 heavy (non-hydrogen) atoms. The fourth-order valence-corrected chi connectivity index (χ4v) is 3.91. The zero-order chi connectivity index (χ0) is 29.6. The van der Waals surface area contributed by atoms with Gasteiger partial charge in [-0.1, -0.05) is 45.1 Å². The largest absolute Gasteiger partial charge is 0.508 e. The van der Waals surface area contributed by atoms with Crippen LogP contribution in [0.4, 0.5) is 4.79 Å². The summed E-state index contributed by atoms with van der Waals surface area (Å²) in [5.74, 6) is -2.00. The van der Waals surface area contributed by atoms with E-state index in [1.807, 2.05) is 0 Å². The number of methoxy groups -OCH3 is 1. The third-order valence-electron chi connectivity index (χ3n) is 5.94. The van der Waals surface area contributed by atoms with E-state index in [9.17, 15) is 29.4 Å². The van der Waals surface area contributed by atoms with Crippen molar-refractivity contribution in [2.24, 2.45) is 0 Å². The van der Waals surface area contributed by atoms with E-state index >= 15 is 0 Å². The van der Waals surface area contributed by atoms with Crippen molar-refractivity contribution in [2.45, 2.75) is 90.8 Å². The van der Waals surface area contributed by atoms with Crippen LogP contribution in [0.3, 0.4) is 0 Å². The average Bonchev–Trinajstić information content (AvgIpc) is 2.87. The Hall–Kier alpha value is -3.34. The number of aliphatic hydroxyl groups excluding tert-OH is 1. The number of carbonyl (C=O) groups excluding carboxylic acids is 4. The van der Waals surface area contributed by atoms with Crippen molar-refractivity contribution in [1.82, 2.24) is 15.5 Å². The van der Waals surface area contributed by atoms with E-state index in [4.69, 9.17) is 4.74 Å². The summed E-state index contributed by atoms with van der Waals surface area (Å²) >= 11 is 0. The zero-order valence-corrected chi connectivity index (χ0v) is 24.0. The highest BCUT2D eigenvalue weighted by molar-refractivity contribution is 5.93. The van der Waals surface area contributed by atoms with Gasteiger partial charge in [-0.3, -0.25) is 14.4 Å². The molecule has 0 bridgehead atoms. The molecule has 1 aromatic carbocycles. The molecule has 0 heterocycles. The van der Waals surface area contributed by atoms with Crippen LogP contribution in [0.5, 0.6) is 5.75 Å². The van der Waals surface area contributed by atoms with Gasteiger partial charge >= 0.3 is 12.1 Å². The maximum absolute atomic E-state index is 13.8. The number of rotatable bonds is 15. The number of alkyl carbamates (subject to hydrolysis) is 1. The van der Waals surface area contributed by atoms with Crippen LogP contribution < -0.4 is 10.6 Å². The molecule has 2 atom stereocenters. The van der Waals surface area contributed by atoms with E-state index < -0.39 is 54.7 Å². The summed E-state index contributed by atoms with van der Waals surface area (Å²) in [5.41, 5.74) is 0.0438. The highest BCUT2D eigenvalue weighted by Crippen LogP contribution is 2.27. The highest BCUT2D eigenvalue weighted by atomic mass is 16.6. The fourth-order valence-electron chi connectivity index (χ4n) is 3.91. The van der Waals surface area contributed by atoms with Gasteiger partial charge in [0.25, 0.3) is 0 Å². The van der Waals surface area contributed by atoms with Gasteiger partial charge in [0.05, 0.1) is 13.7 Å². The lowest BCUT2D eigenvalue weighted by atomic mass is 9.99. The minimum Gasteiger partial charge on any atom is -0.508 e. The predicted octanol–water partition coefficient (Wildman–Crippen LogP) is 3.11. The first-order valence-electron chi connectivity index (χ1n) is 13.4. The van der Waals surface area contributed by atoms with Crippen LogP contribution in [0, 0.1) is 6.92 Å². The Balaban J connectivity index is 3.40. The van der Waals surface area contributed by atoms with Crippen LogP contribution in [0.15, 0.2) is 18.2 Å². The molecule has 0 saturated carbocycles. The summed E-state index contributed by atoms with van der Waals surface area (Å²) in [5, 5.41) is 25.0. The van der Waals surface area contributed by atoms with Gasteiger partial charge in [-0.05, 0) is 57.4 Å². The van der Waals surface area contributed by atoms with Gasteiger partial charge in [-0.25, -0.2) is 4.79 Å². The molecule has 4 N–H and O–H groups in total. The smallest absolute Gasteiger partial charge is 0.408 e. The second-order valence-corrected chi connectivity index (χ2v) is 10.4. The highest BCUT2D eigenvalue weighted by Gasteiger charge is 2.36. The van der Waals surface area contributed by atoms with Crippen molar-refractivity contribution < 1.29 is 38.9 Å². The Morgan fingerprint density at radius 3 is 2.26 bits per heavy atom. The van der Waals surface area contributed by atoms with E-state index in [1.165, 1.54) is 24.1 Å². The van der Waals surface area contributed by atoms with Crippen molar-refractivity contribution in [1.29, 1.82) is 0 Å². The normalized spacial score (nSPS) is 12.7. The molecule has 0 aromatic heterocycles. The van der Waals surface area contributed by atoms with Crippen molar-refractivity contribution in [3.05, 3.63) is 29.3 Å². The molecule has 0 aliphatic heterocycles. The second-order valence-electron chi connectivity index (χ2n) is 10.4. The Bertz CT molecular complexity index is 961. The van der Waals surface area contributed by atoms with Crippen LogP contribution in [0.1, 0.15) is 83.4 Å². The molecule has 220 valence electrons. The number of benzene rings is 1. The van der Waals surface area contributed by atoms with Crippen molar-refractivity contribution in [3.8, 4) is 5.75 Å². The summed E-state index contributed by atoms with van der Waals surface area (Å²) in [6.07, 6.45) is 4.66. The number of nitrogens with zero attached hydrogens (tertiary/aromatic N) is 1. The van der Waals surface area contributed by atoms with Gasteiger partial charge in [0.2, 0.25) is 11.8 Å². The number of aryl methyl sites for hydroxylation is 1. The second kappa shape index (κ2) is 16.6. The minimum atomic E-state index is -1.38. The molecule has 3 amide bonds. The molecule has 11 heteroatoms. The number of ether oxygens (including phenoxy) is 2. The van der Waals surface area contributed by atoms with Crippen molar-refractivity contribution in [3.63, 3.8) is 0 Å². The van der Waals surface area contributed by atoms with Gasteiger partial charge in [-0.2, -0.15) is 0 Å². The molecule has 0 fully saturated rings. The maximum atomic E-state index is 13.8. The first-order chi connectivity index (χ1) is 18.3. The number of hydrogen-bond donors (Lipinski definition) is 4. The lowest BCUT2D eigenvalue weighted by Crippen LogP contribution is -2.54. The third kappa shape index (κ3) is 11.9. The lowest BCUT2D eigenvalue weighted by molar-refractivity contribution is -0.145. The average molecular weight is 552 g/mol. The summed E-state index contributed by atoms with van der Waals surface area (Å²) in [7, 11) is 1.19. The Kier molecular flexibility index (Phi) is 14.3. The topological polar surface area (TPSA) is 154 Å². The number of amides is 3. The number of hydrogen-bond acceptors (Lipinski definition) is 8. The van der Waals surface area contributed by atoms with E-state index in [1.54, 1.807) is 33.8 Å². The zero-order valence-electron chi connectivity index (χ0n) is 24.0. The minimum absolute atomic E-state index is 0.0149. The SMILES string of the molecule is CCCCCCCCN(C(=O)C(CO)NC(=O)OC(C)(C)C)C(C(=O)NCC(=O)OC)c1ccc(O)c(C)c1. The third-order valence-corrected chi connectivity index (χ3v) is 5.94. The molecular formula is C28H45N3O8. The monoisotopic (exact) mass is 551 g/mol. The molecule has 1 aromatic rings. The number of nitrogens with one attached hydrogen (secondary N) is 2. The molecule has 1 rings (SSSR count). The van der Waals surface area contributed by atoms with Crippen LogP contribution in [0.25, 0.3) is 0 Å². The number of phenols is 1. The molecular weight excluding hydrogens is 506 g/mol. The standard InChI is InChI=1S/C28H45N3O8/c1-7-8-9-10-11-12-15-31(26(36)21(18-32)30-27(37)39-28(3,4)5)24(25(35)29-17-23(34)38-6)20-13-14-22(33)19(2)16-20/h13-14,16,21,24,32-33H,7-12,15,17-18H2,1-6H3,(H,29,35)(H,30,37). The number of unbranched alkanes of at least 4 members (excludes halogenated alkanes) is 5. The van der Waals surface area contributed by atoms with Crippen molar-refractivity contribution in [2.75, 3.05) is 26.8 Å². The van der Waals surface area contributed by atoms with Gasteiger partial charge in [0.1, 0.15) is 30.0 Å². The predicted molar refractivity (Wildman–Crippen MR) is 146 cm³/mol. The summed E-state index contributed by atoms with van der Waals surface area (Å²) in [6.45, 7) is 7.78. The summed E-state index contributed by atoms with van der Waals surface area (Å²) in [4.78, 5) is 52.6. The van der Waals surface area contributed by atoms with Crippen molar-refractivity contribution >= 4 is 23.9 Å². The van der Waals surface area contributed by atoms with Gasteiger partial charge in [0, 0.05) is 6.54 Å². The first-order valence-corrected chi connectivity index (χ1v) is 13.4. The number of aliphatic hydroxyl groups is 1. The quantitative estimate of drug-likeness (QED) is 0.191. The Morgan fingerprint density at radius 2 is 1.69 bits per heavy atom. The van der Waals surface area contributed by atoms with Crippen LogP contribution in [0.2, 0.25) is 0 Å². The number of phenolic OH excluding ortho intramolecular Hbond substituents is 1. The number of esters is 1. The Labute approximate surface area is 231 Å². The molecule has 0 radical (unpaired) electrons. The van der Waals surface area contributed by atoms with Gasteiger partial charge < -0.3 is 35.2 Å². The van der Waals surface area contributed by atoms with E-state index in [0.29, 0.717) is 17.5 Å². The Morgan fingerprint density at radius 1 is 1.05 bits per heavy atom. The van der Waals surface area contributed by atoms with E-state index in [2.05, 4.69) is 22.3 Å². The van der Waals surface area contributed by atoms with Gasteiger partial charge in [0.15, 0.2) is 0 Å². The fraction of sp³-hybridized carbons (Fsp3) is 0.643. The van der Waals surface area contributed by atoms with Crippen LogP contribution in [-0.2, 0) is 23.9 Å². The molecule has 0 aliphatic carbocycles. The van der Waals surface area contributed by atoms with Crippen LogP contribution >= 0.6 is 0 Å². The number of aromatic hydroxyl groups is 1. The number of carbonyl (C=O) groups is 4. The summed E-state index contributed by atoms with van der Waals surface area (Å²) < 4.78 is 9.86. The first kappa shape index (κ1) is 33.7. The molecule has 0 spiro atoms. The molecule has 0 aliphatic rings. The lowest BCUT2D eigenvalue weighted by Gasteiger charge is -2.34. The maximum Gasteiger partial charge on any atom is 0.408 e. The molecule has 2 unspecified atom stereocenters. The van der Waals surface area contributed by atoms with Gasteiger partial charge in [-0.15, -0.1) is 0 Å². The molecule has 0 saturated heterocycles.